The standard InChI is InChI=1S/C20H15NO2/c1-22-18-9-7-16(8-10-18)20-12-11-19(23-20)13-17(14-21)15-5-3-2-4-6-15/h2-13H,1H3/b17-13+. The second-order valence-corrected chi connectivity index (χ2v) is 4.97. The largest absolute Gasteiger partial charge is 0.497 e. The first-order chi connectivity index (χ1) is 11.3. The highest BCUT2D eigenvalue weighted by molar-refractivity contribution is 5.88. The summed E-state index contributed by atoms with van der Waals surface area (Å²) in [7, 11) is 1.64. The van der Waals surface area contributed by atoms with E-state index in [0.29, 0.717) is 11.3 Å². The van der Waals surface area contributed by atoms with Gasteiger partial charge in [0.1, 0.15) is 17.3 Å². The predicted octanol–water partition coefficient (Wildman–Crippen LogP) is 5.02. The van der Waals surface area contributed by atoms with Crippen LogP contribution in [0.2, 0.25) is 0 Å². The van der Waals surface area contributed by atoms with Gasteiger partial charge in [-0.05, 0) is 48.0 Å². The van der Waals surface area contributed by atoms with Crippen LogP contribution in [0.5, 0.6) is 5.75 Å². The van der Waals surface area contributed by atoms with Gasteiger partial charge in [0.05, 0.1) is 18.8 Å². The summed E-state index contributed by atoms with van der Waals surface area (Å²) in [6.07, 6.45) is 1.75. The molecule has 0 atom stereocenters. The first-order valence-electron chi connectivity index (χ1n) is 7.21. The average molecular weight is 301 g/mol. The Bertz CT molecular complexity index is 853. The van der Waals surface area contributed by atoms with Gasteiger partial charge in [-0.1, -0.05) is 30.3 Å². The molecule has 0 radical (unpaired) electrons. The van der Waals surface area contributed by atoms with Crippen molar-refractivity contribution in [2.24, 2.45) is 0 Å². The fourth-order valence-electron chi connectivity index (χ4n) is 2.28. The molecule has 1 aromatic heterocycles. The minimum Gasteiger partial charge on any atom is -0.497 e. The van der Waals surface area contributed by atoms with E-state index in [0.717, 1.165) is 22.6 Å². The maximum absolute atomic E-state index is 9.35. The Morgan fingerprint density at radius 3 is 2.39 bits per heavy atom. The number of hydrogen-bond donors (Lipinski definition) is 0. The Hall–Kier alpha value is -3.25. The third-order valence-corrected chi connectivity index (χ3v) is 3.49. The number of allylic oxidation sites excluding steroid dienone is 1. The van der Waals surface area contributed by atoms with Crippen LogP contribution in [0.3, 0.4) is 0 Å². The Morgan fingerprint density at radius 1 is 1.00 bits per heavy atom. The summed E-state index contributed by atoms with van der Waals surface area (Å²) >= 11 is 0. The normalized spacial score (nSPS) is 11.0. The fraction of sp³-hybridized carbons (Fsp3) is 0.0500. The topological polar surface area (TPSA) is 46.2 Å². The SMILES string of the molecule is COc1ccc(-c2ccc(/C=C(\C#N)c3ccccc3)o2)cc1. The smallest absolute Gasteiger partial charge is 0.134 e. The molecule has 0 saturated heterocycles. The third kappa shape index (κ3) is 3.33. The molecule has 0 amide bonds. The van der Waals surface area contributed by atoms with Crippen LogP contribution in [0.15, 0.2) is 71.1 Å². The zero-order valence-electron chi connectivity index (χ0n) is 12.7. The van der Waals surface area contributed by atoms with Gasteiger partial charge in [-0.3, -0.25) is 0 Å². The van der Waals surface area contributed by atoms with Crippen molar-refractivity contribution in [3.63, 3.8) is 0 Å². The van der Waals surface area contributed by atoms with Crippen molar-refractivity contribution in [2.75, 3.05) is 7.11 Å². The van der Waals surface area contributed by atoms with Crippen molar-refractivity contribution in [3.8, 4) is 23.1 Å². The molecule has 3 heteroatoms. The molecule has 0 fully saturated rings. The van der Waals surface area contributed by atoms with E-state index in [-0.39, 0.29) is 0 Å². The number of benzene rings is 2. The summed E-state index contributed by atoms with van der Waals surface area (Å²) in [6, 6.07) is 23.2. The Kier molecular flexibility index (Phi) is 4.26. The number of rotatable bonds is 4. The summed E-state index contributed by atoms with van der Waals surface area (Å²) in [5.74, 6) is 2.21. The fourth-order valence-corrected chi connectivity index (χ4v) is 2.28. The quantitative estimate of drug-likeness (QED) is 0.636. The number of hydrogen-bond acceptors (Lipinski definition) is 3. The number of methoxy groups -OCH3 is 1. The maximum Gasteiger partial charge on any atom is 0.134 e. The number of ether oxygens (including phenoxy) is 1. The molecule has 3 nitrogen and oxygen atoms in total. The van der Waals surface area contributed by atoms with Gasteiger partial charge in [0, 0.05) is 5.56 Å². The van der Waals surface area contributed by atoms with Crippen molar-refractivity contribution in [3.05, 3.63) is 78.1 Å². The van der Waals surface area contributed by atoms with E-state index < -0.39 is 0 Å². The van der Waals surface area contributed by atoms with Gasteiger partial charge in [-0.2, -0.15) is 5.26 Å². The minimum absolute atomic E-state index is 0.571. The monoisotopic (exact) mass is 301 g/mol. The number of nitrogens with zero attached hydrogens (tertiary/aromatic N) is 1. The van der Waals surface area contributed by atoms with Gasteiger partial charge in [-0.15, -0.1) is 0 Å². The molecule has 3 aromatic rings. The first-order valence-corrected chi connectivity index (χ1v) is 7.21. The zero-order chi connectivity index (χ0) is 16.1. The van der Waals surface area contributed by atoms with E-state index in [1.807, 2.05) is 66.7 Å². The van der Waals surface area contributed by atoms with Gasteiger partial charge in [0.2, 0.25) is 0 Å². The van der Waals surface area contributed by atoms with Gasteiger partial charge >= 0.3 is 0 Å². The van der Waals surface area contributed by atoms with E-state index >= 15 is 0 Å². The molecule has 112 valence electrons. The van der Waals surface area contributed by atoms with E-state index in [1.54, 1.807) is 13.2 Å². The highest BCUT2D eigenvalue weighted by Crippen LogP contribution is 2.26. The highest BCUT2D eigenvalue weighted by Gasteiger charge is 2.06. The average Bonchev–Trinajstić information content (AvgIpc) is 3.09. The molecule has 3 rings (SSSR count). The molecule has 0 saturated carbocycles. The molecule has 23 heavy (non-hydrogen) atoms. The van der Waals surface area contributed by atoms with Crippen LogP contribution in [-0.4, -0.2) is 7.11 Å². The van der Waals surface area contributed by atoms with Crippen molar-refractivity contribution >= 4 is 11.6 Å². The lowest BCUT2D eigenvalue weighted by molar-refractivity contribution is 0.415. The summed E-state index contributed by atoms with van der Waals surface area (Å²) in [5, 5.41) is 9.35. The Labute approximate surface area is 135 Å². The summed E-state index contributed by atoms with van der Waals surface area (Å²) in [5.41, 5.74) is 2.40. The van der Waals surface area contributed by atoms with E-state index in [4.69, 9.17) is 9.15 Å². The molecule has 0 N–H and O–H groups in total. The van der Waals surface area contributed by atoms with Gasteiger partial charge in [0.15, 0.2) is 0 Å². The zero-order valence-corrected chi connectivity index (χ0v) is 12.7. The molecule has 2 aromatic carbocycles. The minimum atomic E-state index is 0.571. The second kappa shape index (κ2) is 6.67. The molecule has 0 bridgehead atoms. The molecule has 0 aliphatic carbocycles. The van der Waals surface area contributed by atoms with Crippen LogP contribution in [0.25, 0.3) is 23.0 Å². The number of furan rings is 1. The van der Waals surface area contributed by atoms with Gasteiger partial charge < -0.3 is 9.15 Å². The van der Waals surface area contributed by atoms with Crippen LogP contribution < -0.4 is 4.74 Å². The lowest BCUT2D eigenvalue weighted by Crippen LogP contribution is -1.81. The molecule has 0 aliphatic heterocycles. The first kappa shape index (κ1) is 14.7. The molecule has 0 aliphatic rings. The molecule has 0 spiro atoms. The van der Waals surface area contributed by atoms with Gasteiger partial charge in [0.25, 0.3) is 0 Å². The van der Waals surface area contributed by atoms with Crippen molar-refractivity contribution in [2.45, 2.75) is 0 Å². The lowest BCUT2D eigenvalue weighted by atomic mass is 10.1. The second-order valence-electron chi connectivity index (χ2n) is 4.97. The van der Waals surface area contributed by atoms with Crippen molar-refractivity contribution < 1.29 is 9.15 Å². The van der Waals surface area contributed by atoms with E-state index in [1.165, 1.54) is 0 Å². The predicted molar refractivity (Wildman–Crippen MR) is 90.6 cm³/mol. The van der Waals surface area contributed by atoms with E-state index in [2.05, 4.69) is 6.07 Å². The Morgan fingerprint density at radius 2 is 1.74 bits per heavy atom. The van der Waals surface area contributed by atoms with Crippen molar-refractivity contribution in [1.29, 1.82) is 5.26 Å². The van der Waals surface area contributed by atoms with Crippen LogP contribution in [-0.2, 0) is 0 Å². The van der Waals surface area contributed by atoms with Gasteiger partial charge in [-0.25, -0.2) is 0 Å². The van der Waals surface area contributed by atoms with Crippen LogP contribution >= 0.6 is 0 Å². The highest BCUT2D eigenvalue weighted by atomic mass is 16.5. The molecule has 0 unspecified atom stereocenters. The molecular formula is C20H15NO2. The molecular weight excluding hydrogens is 286 g/mol. The van der Waals surface area contributed by atoms with E-state index in [9.17, 15) is 5.26 Å². The van der Waals surface area contributed by atoms with Crippen molar-refractivity contribution in [1.82, 2.24) is 0 Å². The third-order valence-electron chi connectivity index (χ3n) is 3.49. The summed E-state index contributed by atoms with van der Waals surface area (Å²) in [4.78, 5) is 0. The van der Waals surface area contributed by atoms with Crippen LogP contribution in [0.1, 0.15) is 11.3 Å². The van der Waals surface area contributed by atoms with Crippen LogP contribution in [0, 0.1) is 11.3 Å². The summed E-state index contributed by atoms with van der Waals surface area (Å²) in [6.45, 7) is 0. The maximum atomic E-state index is 9.35. The Balaban J connectivity index is 1.89. The molecule has 1 heterocycles. The summed E-state index contributed by atoms with van der Waals surface area (Å²) < 4.78 is 11.0. The van der Waals surface area contributed by atoms with Crippen LogP contribution in [0.4, 0.5) is 0 Å². The lowest BCUT2D eigenvalue weighted by Gasteiger charge is -2.00. The number of nitriles is 1.